The molecule has 4 rings (SSSR count). The molecule has 0 bridgehead atoms. The lowest BCUT2D eigenvalue weighted by Gasteiger charge is -2.35. The number of halogens is 2. The number of piperazine rings is 1. The standard InChI is InChI=1S/C24H23ClFN3O2S/c1-15-3-5-17(6-4-15)23-21(32-16(2)27-23)14-22(30)28-9-11-29(12-10-28)24(31)19-8-7-18(26)13-20(19)25/h3-8,13H,9-12,14H2,1-2H3. The Morgan fingerprint density at radius 2 is 1.69 bits per heavy atom. The smallest absolute Gasteiger partial charge is 0.255 e. The summed E-state index contributed by atoms with van der Waals surface area (Å²) in [6.07, 6.45) is 0.284. The first-order valence-corrected chi connectivity index (χ1v) is 11.6. The van der Waals surface area contributed by atoms with E-state index in [2.05, 4.69) is 4.98 Å². The second-order valence-corrected chi connectivity index (χ2v) is 9.54. The van der Waals surface area contributed by atoms with Crippen LogP contribution in [-0.4, -0.2) is 52.8 Å². The minimum absolute atomic E-state index is 0.0222. The van der Waals surface area contributed by atoms with Crippen LogP contribution in [0.3, 0.4) is 0 Å². The second kappa shape index (κ2) is 9.38. The van der Waals surface area contributed by atoms with Crippen LogP contribution in [0.4, 0.5) is 4.39 Å². The molecule has 166 valence electrons. The van der Waals surface area contributed by atoms with E-state index in [1.807, 2.05) is 38.1 Å². The van der Waals surface area contributed by atoms with Crippen LogP contribution in [0.25, 0.3) is 11.3 Å². The van der Waals surface area contributed by atoms with Gasteiger partial charge >= 0.3 is 0 Å². The van der Waals surface area contributed by atoms with Crippen molar-refractivity contribution in [2.45, 2.75) is 20.3 Å². The zero-order chi connectivity index (χ0) is 22.8. The Labute approximate surface area is 195 Å². The van der Waals surface area contributed by atoms with Crippen molar-refractivity contribution < 1.29 is 14.0 Å². The molecule has 0 saturated carbocycles. The molecule has 1 aliphatic rings. The molecule has 8 heteroatoms. The number of benzene rings is 2. The monoisotopic (exact) mass is 471 g/mol. The van der Waals surface area contributed by atoms with Crippen molar-refractivity contribution in [3.8, 4) is 11.3 Å². The maximum Gasteiger partial charge on any atom is 0.255 e. The highest BCUT2D eigenvalue weighted by molar-refractivity contribution is 7.12. The molecule has 1 fully saturated rings. The van der Waals surface area contributed by atoms with Gasteiger partial charge in [0.05, 0.1) is 27.7 Å². The normalized spacial score (nSPS) is 14.0. The van der Waals surface area contributed by atoms with Crippen molar-refractivity contribution in [2.24, 2.45) is 0 Å². The van der Waals surface area contributed by atoms with Gasteiger partial charge in [0.15, 0.2) is 0 Å². The summed E-state index contributed by atoms with van der Waals surface area (Å²) in [6.45, 7) is 5.69. The number of hydrogen-bond acceptors (Lipinski definition) is 4. The van der Waals surface area contributed by atoms with E-state index in [1.54, 1.807) is 21.1 Å². The van der Waals surface area contributed by atoms with Gasteiger partial charge in [-0.2, -0.15) is 0 Å². The van der Waals surface area contributed by atoms with E-state index in [1.165, 1.54) is 17.7 Å². The van der Waals surface area contributed by atoms with Gasteiger partial charge in [-0.05, 0) is 32.0 Å². The Balaban J connectivity index is 1.40. The largest absolute Gasteiger partial charge is 0.339 e. The highest BCUT2D eigenvalue weighted by atomic mass is 35.5. The first-order valence-electron chi connectivity index (χ1n) is 10.4. The number of amides is 2. The highest BCUT2D eigenvalue weighted by Crippen LogP contribution is 2.29. The van der Waals surface area contributed by atoms with Gasteiger partial charge in [0.2, 0.25) is 5.91 Å². The Bertz CT molecular complexity index is 1150. The van der Waals surface area contributed by atoms with Gasteiger partial charge in [0.1, 0.15) is 5.82 Å². The summed E-state index contributed by atoms with van der Waals surface area (Å²) in [4.78, 5) is 34.8. The van der Waals surface area contributed by atoms with Gasteiger partial charge in [-0.15, -0.1) is 11.3 Å². The molecule has 0 atom stereocenters. The van der Waals surface area contributed by atoms with Crippen molar-refractivity contribution in [1.29, 1.82) is 0 Å². The van der Waals surface area contributed by atoms with Crippen molar-refractivity contribution in [1.82, 2.24) is 14.8 Å². The maximum absolute atomic E-state index is 13.3. The molecule has 1 aromatic heterocycles. The Morgan fingerprint density at radius 3 is 2.34 bits per heavy atom. The van der Waals surface area contributed by atoms with Crippen molar-refractivity contribution in [3.05, 3.63) is 74.3 Å². The quantitative estimate of drug-likeness (QED) is 0.552. The molecule has 0 unspecified atom stereocenters. The minimum Gasteiger partial charge on any atom is -0.339 e. The van der Waals surface area contributed by atoms with Gasteiger partial charge in [-0.3, -0.25) is 9.59 Å². The number of aromatic nitrogens is 1. The average molecular weight is 472 g/mol. The van der Waals surface area contributed by atoms with Gasteiger partial charge in [0, 0.05) is 36.6 Å². The lowest BCUT2D eigenvalue weighted by molar-refractivity contribution is -0.131. The van der Waals surface area contributed by atoms with Gasteiger partial charge in [-0.1, -0.05) is 41.4 Å². The van der Waals surface area contributed by atoms with Crippen LogP contribution in [0.5, 0.6) is 0 Å². The van der Waals surface area contributed by atoms with Crippen molar-refractivity contribution in [2.75, 3.05) is 26.2 Å². The number of hydrogen-bond donors (Lipinski definition) is 0. The van der Waals surface area contributed by atoms with E-state index in [0.29, 0.717) is 26.2 Å². The number of carbonyl (C=O) groups is 2. The molecule has 1 saturated heterocycles. The third-order valence-corrected chi connectivity index (χ3v) is 6.81. The lowest BCUT2D eigenvalue weighted by atomic mass is 10.1. The number of rotatable bonds is 4. The second-order valence-electron chi connectivity index (χ2n) is 7.84. The first kappa shape index (κ1) is 22.4. The molecule has 1 aliphatic heterocycles. The maximum atomic E-state index is 13.3. The highest BCUT2D eigenvalue weighted by Gasteiger charge is 2.27. The van der Waals surface area contributed by atoms with Gasteiger partial charge in [-0.25, -0.2) is 9.37 Å². The fourth-order valence-electron chi connectivity index (χ4n) is 3.77. The predicted molar refractivity (Wildman–Crippen MR) is 125 cm³/mol. The molecule has 0 N–H and O–H groups in total. The third-order valence-electron chi connectivity index (χ3n) is 5.52. The van der Waals surface area contributed by atoms with E-state index in [-0.39, 0.29) is 28.8 Å². The molecule has 0 spiro atoms. The molecule has 2 heterocycles. The zero-order valence-corrected chi connectivity index (χ0v) is 19.5. The predicted octanol–water partition coefficient (Wildman–Crippen LogP) is 4.75. The average Bonchev–Trinajstić information content (AvgIpc) is 3.14. The minimum atomic E-state index is -0.481. The van der Waals surface area contributed by atoms with Crippen molar-refractivity contribution in [3.63, 3.8) is 0 Å². The molecular formula is C24H23ClFN3O2S. The molecule has 2 aromatic carbocycles. The number of thiazole rings is 1. The van der Waals surface area contributed by atoms with E-state index in [9.17, 15) is 14.0 Å². The molecule has 0 radical (unpaired) electrons. The van der Waals surface area contributed by atoms with Gasteiger partial charge < -0.3 is 9.80 Å². The first-order chi connectivity index (χ1) is 15.3. The summed E-state index contributed by atoms with van der Waals surface area (Å²) in [6, 6.07) is 11.9. The van der Waals surface area contributed by atoms with Crippen LogP contribution in [0, 0.1) is 19.7 Å². The summed E-state index contributed by atoms with van der Waals surface area (Å²) >= 11 is 7.57. The van der Waals surface area contributed by atoms with Crippen LogP contribution in [0.2, 0.25) is 5.02 Å². The molecular weight excluding hydrogens is 449 g/mol. The zero-order valence-electron chi connectivity index (χ0n) is 17.9. The summed E-state index contributed by atoms with van der Waals surface area (Å²) in [5.41, 5.74) is 3.32. The number of nitrogens with zero attached hydrogens (tertiary/aromatic N) is 3. The Morgan fingerprint density at radius 1 is 1.03 bits per heavy atom. The molecule has 2 amide bonds. The fourth-order valence-corrected chi connectivity index (χ4v) is 4.96. The van der Waals surface area contributed by atoms with Crippen LogP contribution in [-0.2, 0) is 11.2 Å². The van der Waals surface area contributed by atoms with Crippen LogP contribution in [0.15, 0.2) is 42.5 Å². The Kier molecular flexibility index (Phi) is 6.58. The van der Waals surface area contributed by atoms with Crippen molar-refractivity contribution >= 4 is 34.8 Å². The summed E-state index contributed by atoms with van der Waals surface area (Å²) in [7, 11) is 0. The van der Waals surface area contributed by atoms with Crippen LogP contribution >= 0.6 is 22.9 Å². The third kappa shape index (κ3) is 4.84. The lowest BCUT2D eigenvalue weighted by Crippen LogP contribution is -2.51. The SMILES string of the molecule is Cc1ccc(-c2nc(C)sc2CC(=O)N2CCN(C(=O)c3ccc(F)cc3Cl)CC2)cc1. The number of carbonyl (C=O) groups excluding carboxylic acids is 2. The summed E-state index contributed by atoms with van der Waals surface area (Å²) in [5, 5.41) is 1.02. The summed E-state index contributed by atoms with van der Waals surface area (Å²) < 4.78 is 13.3. The van der Waals surface area contributed by atoms with E-state index in [0.717, 1.165) is 27.2 Å². The molecule has 5 nitrogen and oxygen atoms in total. The fraction of sp³-hybridized carbons (Fsp3) is 0.292. The van der Waals surface area contributed by atoms with E-state index >= 15 is 0 Å². The van der Waals surface area contributed by atoms with E-state index in [4.69, 9.17) is 11.6 Å². The van der Waals surface area contributed by atoms with Gasteiger partial charge in [0.25, 0.3) is 5.91 Å². The summed E-state index contributed by atoms with van der Waals surface area (Å²) in [5.74, 6) is -0.707. The van der Waals surface area contributed by atoms with Crippen LogP contribution < -0.4 is 0 Å². The molecule has 0 aliphatic carbocycles. The van der Waals surface area contributed by atoms with E-state index < -0.39 is 5.82 Å². The van der Waals surface area contributed by atoms with Crippen LogP contribution in [0.1, 0.15) is 25.8 Å². The Hall–Kier alpha value is -2.77. The molecule has 32 heavy (non-hydrogen) atoms. The number of aryl methyl sites for hydroxylation is 2. The molecule has 3 aromatic rings. The topological polar surface area (TPSA) is 53.5 Å².